The molecular weight excluding hydrogens is 460 g/mol. The summed E-state index contributed by atoms with van der Waals surface area (Å²) in [6.45, 7) is 3.25. The van der Waals surface area contributed by atoms with Crippen molar-refractivity contribution in [3.8, 4) is 23.0 Å². The minimum atomic E-state index is -3.69. The first-order chi connectivity index (χ1) is 16.3. The fourth-order valence-electron chi connectivity index (χ4n) is 4.28. The number of fused-ring (bicyclic) bond motifs is 1. The van der Waals surface area contributed by atoms with Crippen molar-refractivity contribution in [2.45, 2.75) is 30.7 Å². The Morgan fingerprint density at radius 2 is 1.74 bits per heavy atom. The topological polar surface area (TPSA) is 103 Å². The summed E-state index contributed by atoms with van der Waals surface area (Å²) >= 11 is 0. The molecule has 2 heterocycles. The molecule has 1 atom stereocenters. The molecule has 34 heavy (non-hydrogen) atoms. The van der Waals surface area contributed by atoms with E-state index in [2.05, 4.69) is 5.32 Å². The number of hydrogen-bond donors (Lipinski definition) is 1. The maximum absolute atomic E-state index is 13.1. The summed E-state index contributed by atoms with van der Waals surface area (Å²) in [5.41, 5.74) is 0.814. The molecule has 0 unspecified atom stereocenters. The molecule has 0 radical (unpaired) electrons. The lowest BCUT2D eigenvalue weighted by Crippen LogP contribution is -2.43. The van der Waals surface area contributed by atoms with Crippen LogP contribution in [0.3, 0.4) is 0 Å². The summed E-state index contributed by atoms with van der Waals surface area (Å²) < 4.78 is 49.4. The predicted octanol–water partition coefficient (Wildman–Crippen LogP) is 2.75. The van der Waals surface area contributed by atoms with Gasteiger partial charge in [-0.2, -0.15) is 4.31 Å². The van der Waals surface area contributed by atoms with Gasteiger partial charge in [-0.25, -0.2) is 8.42 Å². The number of hydrogen-bond acceptors (Lipinski definition) is 7. The third-order valence-electron chi connectivity index (χ3n) is 6.24. The predicted molar refractivity (Wildman–Crippen MR) is 125 cm³/mol. The van der Waals surface area contributed by atoms with Crippen molar-refractivity contribution in [2.75, 3.05) is 40.5 Å². The number of carbonyl (C=O) groups is 1. The largest absolute Gasteiger partial charge is 0.497 e. The molecule has 1 N–H and O–H groups in total. The van der Waals surface area contributed by atoms with E-state index in [0.717, 1.165) is 5.56 Å². The highest BCUT2D eigenvalue weighted by molar-refractivity contribution is 7.89. The lowest BCUT2D eigenvalue weighted by Gasteiger charge is -2.31. The minimum Gasteiger partial charge on any atom is -0.497 e. The monoisotopic (exact) mass is 490 g/mol. The lowest BCUT2D eigenvalue weighted by atomic mass is 9.96. The summed E-state index contributed by atoms with van der Waals surface area (Å²) in [4.78, 5) is 13.1. The van der Waals surface area contributed by atoms with E-state index in [9.17, 15) is 13.2 Å². The number of ether oxygens (including phenoxy) is 4. The van der Waals surface area contributed by atoms with Crippen LogP contribution in [0, 0.1) is 5.92 Å². The van der Waals surface area contributed by atoms with Gasteiger partial charge in [-0.05, 0) is 50.1 Å². The molecule has 184 valence electrons. The third kappa shape index (κ3) is 4.92. The van der Waals surface area contributed by atoms with E-state index in [4.69, 9.17) is 18.9 Å². The zero-order valence-corrected chi connectivity index (χ0v) is 20.4. The highest BCUT2D eigenvalue weighted by Gasteiger charge is 2.33. The van der Waals surface area contributed by atoms with Gasteiger partial charge < -0.3 is 24.3 Å². The second-order valence-electron chi connectivity index (χ2n) is 8.32. The Bertz CT molecular complexity index is 1140. The molecule has 1 saturated heterocycles. The number of nitrogens with zero attached hydrogens (tertiary/aromatic N) is 1. The summed E-state index contributed by atoms with van der Waals surface area (Å²) in [6, 6.07) is 9.81. The fourth-order valence-corrected chi connectivity index (χ4v) is 5.76. The summed E-state index contributed by atoms with van der Waals surface area (Å²) in [7, 11) is -0.526. The van der Waals surface area contributed by atoms with Crippen molar-refractivity contribution in [2.24, 2.45) is 5.92 Å². The SMILES string of the molecule is COc1ccc(OC)c([C@H](C)NC(=O)C2CCN(S(=O)(=O)c3ccc4c(c3)OCCO4)CC2)c1. The molecule has 0 spiro atoms. The maximum Gasteiger partial charge on any atom is 0.243 e. The van der Waals surface area contributed by atoms with Gasteiger partial charge in [-0.3, -0.25) is 4.79 Å². The van der Waals surface area contributed by atoms with Crippen LogP contribution in [0.25, 0.3) is 0 Å². The summed E-state index contributed by atoms with van der Waals surface area (Å²) in [6.07, 6.45) is 0.884. The number of nitrogens with one attached hydrogen (secondary N) is 1. The Kier molecular flexibility index (Phi) is 7.18. The number of sulfonamides is 1. The van der Waals surface area contributed by atoms with Crippen LogP contribution < -0.4 is 24.3 Å². The first-order valence-corrected chi connectivity index (χ1v) is 12.7. The van der Waals surface area contributed by atoms with Crippen molar-refractivity contribution in [3.05, 3.63) is 42.0 Å². The Labute approximate surface area is 200 Å². The van der Waals surface area contributed by atoms with Gasteiger partial charge in [0.25, 0.3) is 0 Å². The van der Waals surface area contributed by atoms with Gasteiger partial charge in [-0.15, -0.1) is 0 Å². The van der Waals surface area contributed by atoms with E-state index in [-0.39, 0.29) is 35.9 Å². The van der Waals surface area contributed by atoms with Gasteiger partial charge in [0.05, 0.1) is 25.2 Å². The second kappa shape index (κ2) is 10.1. The van der Waals surface area contributed by atoms with Gasteiger partial charge >= 0.3 is 0 Å². The number of carbonyl (C=O) groups excluding carboxylic acids is 1. The normalized spacial score (nSPS) is 17.6. The van der Waals surface area contributed by atoms with Crippen LogP contribution in [0.4, 0.5) is 0 Å². The third-order valence-corrected chi connectivity index (χ3v) is 8.13. The molecule has 2 aromatic rings. The first-order valence-electron chi connectivity index (χ1n) is 11.3. The second-order valence-corrected chi connectivity index (χ2v) is 10.3. The Morgan fingerprint density at radius 3 is 2.41 bits per heavy atom. The number of amides is 1. The molecule has 0 bridgehead atoms. The molecular formula is C24H30N2O7S. The number of rotatable bonds is 7. The van der Waals surface area contributed by atoms with Crippen LogP contribution in [-0.4, -0.2) is 59.2 Å². The molecule has 1 fully saturated rings. The van der Waals surface area contributed by atoms with Crippen molar-refractivity contribution in [1.29, 1.82) is 0 Å². The van der Waals surface area contributed by atoms with E-state index in [1.165, 1.54) is 16.4 Å². The van der Waals surface area contributed by atoms with Gasteiger partial charge in [0.1, 0.15) is 24.7 Å². The van der Waals surface area contributed by atoms with Gasteiger partial charge in [0, 0.05) is 30.6 Å². The van der Waals surface area contributed by atoms with E-state index in [0.29, 0.717) is 49.1 Å². The molecule has 2 aromatic carbocycles. The van der Waals surface area contributed by atoms with E-state index >= 15 is 0 Å². The van der Waals surface area contributed by atoms with Crippen molar-refractivity contribution in [3.63, 3.8) is 0 Å². The average molecular weight is 491 g/mol. The highest BCUT2D eigenvalue weighted by Crippen LogP contribution is 2.34. The standard InChI is InChI=1S/C24H30N2O7S/c1-16(20-14-18(30-2)4-6-21(20)31-3)25-24(27)17-8-10-26(11-9-17)34(28,29)19-5-7-22-23(15-19)33-13-12-32-22/h4-7,14-17H,8-13H2,1-3H3,(H,25,27)/t16-/m0/s1. The number of piperidine rings is 1. The Morgan fingerprint density at radius 1 is 1.03 bits per heavy atom. The molecule has 10 heteroatoms. The quantitative estimate of drug-likeness (QED) is 0.637. The molecule has 4 rings (SSSR count). The zero-order valence-electron chi connectivity index (χ0n) is 19.6. The molecule has 2 aliphatic heterocycles. The first kappa shape index (κ1) is 24.2. The number of methoxy groups -OCH3 is 2. The zero-order chi connectivity index (χ0) is 24.3. The average Bonchev–Trinajstić information content (AvgIpc) is 2.87. The Balaban J connectivity index is 1.38. The summed E-state index contributed by atoms with van der Waals surface area (Å²) in [5, 5.41) is 3.04. The molecule has 0 aromatic heterocycles. The van der Waals surface area contributed by atoms with E-state index in [1.54, 1.807) is 32.4 Å². The van der Waals surface area contributed by atoms with Gasteiger partial charge in [0.2, 0.25) is 15.9 Å². The van der Waals surface area contributed by atoms with Crippen molar-refractivity contribution in [1.82, 2.24) is 9.62 Å². The molecule has 1 amide bonds. The van der Waals surface area contributed by atoms with Crippen LogP contribution >= 0.6 is 0 Å². The smallest absolute Gasteiger partial charge is 0.243 e. The molecule has 0 saturated carbocycles. The van der Waals surface area contributed by atoms with Crippen LogP contribution in [0.15, 0.2) is 41.3 Å². The maximum atomic E-state index is 13.1. The van der Waals surface area contributed by atoms with Gasteiger partial charge in [-0.1, -0.05) is 0 Å². The summed E-state index contributed by atoms with van der Waals surface area (Å²) in [5.74, 6) is 1.94. The number of benzene rings is 2. The van der Waals surface area contributed by atoms with Crippen LogP contribution in [-0.2, 0) is 14.8 Å². The van der Waals surface area contributed by atoms with Gasteiger partial charge in [0.15, 0.2) is 11.5 Å². The van der Waals surface area contributed by atoms with Crippen LogP contribution in [0.5, 0.6) is 23.0 Å². The van der Waals surface area contributed by atoms with Crippen molar-refractivity contribution < 1.29 is 32.2 Å². The highest BCUT2D eigenvalue weighted by atomic mass is 32.2. The molecule has 2 aliphatic rings. The fraction of sp³-hybridized carbons (Fsp3) is 0.458. The van der Waals surface area contributed by atoms with Crippen LogP contribution in [0.2, 0.25) is 0 Å². The van der Waals surface area contributed by atoms with E-state index < -0.39 is 10.0 Å². The van der Waals surface area contributed by atoms with Crippen LogP contribution in [0.1, 0.15) is 31.4 Å². The minimum absolute atomic E-state index is 0.103. The molecule has 9 nitrogen and oxygen atoms in total. The van der Waals surface area contributed by atoms with Crippen molar-refractivity contribution >= 4 is 15.9 Å². The van der Waals surface area contributed by atoms with E-state index in [1.807, 2.05) is 13.0 Å². The Hall–Kier alpha value is -2.98. The molecule has 0 aliphatic carbocycles. The lowest BCUT2D eigenvalue weighted by molar-refractivity contribution is -0.126.